The third kappa shape index (κ3) is 43.7. The third-order valence-electron chi connectivity index (χ3n) is 0.408. The van der Waals surface area contributed by atoms with Crippen LogP contribution in [0.2, 0.25) is 0 Å². The molecule has 0 aliphatic carbocycles. The van der Waals surface area contributed by atoms with E-state index in [1.807, 2.05) is 13.8 Å². The number of rotatable bonds is 2. The van der Waals surface area contributed by atoms with Gasteiger partial charge in [0, 0.05) is 110 Å². The smallest absolute Gasteiger partial charge is 0.0437 e. The number of ether oxygens (including phenoxy) is 1. The minimum Gasteiger partial charge on any atom is -0.382 e. The summed E-state index contributed by atoms with van der Waals surface area (Å²) in [6, 6.07) is 0. The van der Waals surface area contributed by atoms with E-state index in [1.54, 1.807) is 0 Å². The Labute approximate surface area is 127 Å². The van der Waals surface area contributed by atoms with Crippen molar-refractivity contribution >= 4 is 0 Å². The first-order valence-corrected chi connectivity index (χ1v) is 1.99. The van der Waals surface area contributed by atoms with E-state index in [2.05, 4.69) is 0 Å². The Morgan fingerprint density at radius 3 is 1.30 bits per heavy atom. The molecule has 0 aromatic carbocycles. The molecule has 2 radical (unpaired) electrons. The summed E-state index contributed by atoms with van der Waals surface area (Å²) in [5, 5.41) is 0. The second-order valence-electron chi connectivity index (χ2n) is 0.781. The van der Waals surface area contributed by atoms with Crippen molar-refractivity contribution in [2.75, 3.05) is 13.2 Å². The van der Waals surface area contributed by atoms with Crippen LogP contribution in [0.4, 0.5) is 0 Å². The van der Waals surface area contributed by atoms with Gasteiger partial charge in [0.1, 0.15) is 0 Å². The van der Waals surface area contributed by atoms with E-state index in [-0.39, 0.29) is 97.2 Å². The van der Waals surface area contributed by atoms with Crippen molar-refractivity contribution in [3.63, 3.8) is 0 Å². The van der Waals surface area contributed by atoms with Gasteiger partial charge in [-0.1, -0.05) is 0 Å². The largest absolute Gasteiger partial charge is 0.382 e. The van der Waals surface area contributed by atoms with Crippen LogP contribution in [0.25, 0.3) is 0 Å². The van der Waals surface area contributed by atoms with Crippen molar-refractivity contribution in [2.24, 2.45) is 0 Å². The van der Waals surface area contributed by atoms with Gasteiger partial charge in [0.2, 0.25) is 0 Å². The van der Waals surface area contributed by atoms with Gasteiger partial charge in [0.15, 0.2) is 0 Å². The summed E-state index contributed by atoms with van der Waals surface area (Å²) in [4.78, 5) is 0. The average Bonchev–Trinajstić information content (AvgIpc) is 1.41. The fourth-order valence-electron chi connectivity index (χ4n) is 0.204. The molecular formula is C4H10CoOPdPtRhRu. The normalized spacial score (nSPS) is 4.20. The molecule has 0 saturated carbocycles. The van der Waals surface area contributed by atoms with Gasteiger partial charge in [0.05, 0.1) is 0 Å². The fraction of sp³-hybridized carbons (Fsp3) is 1.00. The summed E-state index contributed by atoms with van der Waals surface area (Å²) >= 11 is 0. The van der Waals surface area contributed by atoms with Gasteiger partial charge >= 0.3 is 0 Å². The Morgan fingerprint density at radius 1 is 1.10 bits per heavy atom. The molecule has 0 rings (SSSR count). The van der Waals surface area contributed by atoms with Gasteiger partial charge in [-0.25, -0.2) is 0 Å². The van der Waals surface area contributed by atoms with E-state index in [0.717, 1.165) is 13.2 Å². The molecular weight excluding hydrogens is 628 g/mol. The minimum atomic E-state index is 0. The molecule has 10 heavy (non-hydrogen) atoms. The van der Waals surface area contributed by atoms with Crippen molar-refractivity contribution in [3.8, 4) is 0 Å². The van der Waals surface area contributed by atoms with E-state index in [9.17, 15) is 0 Å². The van der Waals surface area contributed by atoms with Crippen molar-refractivity contribution in [1.29, 1.82) is 0 Å². The van der Waals surface area contributed by atoms with Crippen LogP contribution in [-0.2, 0) is 102 Å². The summed E-state index contributed by atoms with van der Waals surface area (Å²) < 4.78 is 4.83. The van der Waals surface area contributed by atoms with Crippen LogP contribution in [0.5, 0.6) is 0 Å². The SMILES string of the molecule is CCOCC.[Co].[Pd].[Pt].[Rh].[Ru]. The van der Waals surface area contributed by atoms with Crippen molar-refractivity contribution in [3.05, 3.63) is 0 Å². The van der Waals surface area contributed by atoms with Crippen LogP contribution < -0.4 is 0 Å². The van der Waals surface area contributed by atoms with E-state index < -0.39 is 0 Å². The molecule has 0 heterocycles. The molecule has 0 amide bonds. The Morgan fingerprint density at radius 2 is 1.30 bits per heavy atom. The molecule has 0 aromatic rings. The predicted octanol–water partition coefficient (Wildman–Crippen LogP) is 1.03. The van der Waals surface area contributed by atoms with Crippen LogP contribution in [0, 0.1) is 0 Å². The van der Waals surface area contributed by atoms with Gasteiger partial charge in [0.25, 0.3) is 0 Å². The second-order valence-corrected chi connectivity index (χ2v) is 0.781. The molecule has 0 unspecified atom stereocenters. The van der Waals surface area contributed by atoms with Gasteiger partial charge in [-0.3, -0.25) is 0 Å². The Balaban J connectivity index is -0.00000000800. The molecule has 0 N–H and O–H groups in total. The molecule has 1 nitrogen and oxygen atoms in total. The molecule has 0 aliphatic rings. The Bertz CT molecular complexity index is 32.7. The molecule has 6 heteroatoms. The Kier molecular flexibility index (Phi) is 153. The summed E-state index contributed by atoms with van der Waals surface area (Å²) in [5.74, 6) is 0. The van der Waals surface area contributed by atoms with E-state index in [1.165, 1.54) is 0 Å². The van der Waals surface area contributed by atoms with Crippen LogP contribution in [0.3, 0.4) is 0 Å². The predicted molar refractivity (Wildman–Crippen MR) is 22.2 cm³/mol. The van der Waals surface area contributed by atoms with Crippen molar-refractivity contribution in [2.45, 2.75) is 13.8 Å². The molecule has 78 valence electrons. The molecule has 0 fully saturated rings. The molecule has 0 aromatic heterocycles. The fourth-order valence-corrected chi connectivity index (χ4v) is 0.204. The van der Waals surface area contributed by atoms with E-state index >= 15 is 0 Å². The summed E-state index contributed by atoms with van der Waals surface area (Å²) in [7, 11) is 0. The van der Waals surface area contributed by atoms with E-state index in [4.69, 9.17) is 4.74 Å². The third-order valence-corrected chi connectivity index (χ3v) is 0.408. The van der Waals surface area contributed by atoms with Crippen molar-refractivity contribution in [1.82, 2.24) is 0 Å². The van der Waals surface area contributed by atoms with Crippen LogP contribution in [0.1, 0.15) is 13.8 Å². The van der Waals surface area contributed by atoms with Crippen LogP contribution in [0.15, 0.2) is 0 Å². The van der Waals surface area contributed by atoms with Crippen LogP contribution >= 0.6 is 0 Å². The standard InChI is InChI=1S/C4H10O.Co.Pd.Pt.Rh.Ru/c1-3-5-4-2;;;;;/h3-4H2,1-2H3;;;;;. The molecule has 0 spiro atoms. The summed E-state index contributed by atoms with van der Waals surface area (Å²) in [6.45, 7) is 5.67. The van der Waals surface area contributed by atoms with Gasteiger partial charge in [-0.15, -0.1) is 0 Å². The zero-order chi connectivity index (χ0) is 4.12. The topological polar surface area (TPSA) is 9.23 Å². The first kappa shape index (κ1) is 38.1. The second kappa shape index (κ2) is 40.2. The summed E-state index contributed by atoms with van der Waals surface area (Å²) in [5.41, 5.74) is 0. The van der Waals surface area contributed by atoms with Gasteiger partial charge < -0.3 is 4.74 Å². The van der Waals surface area contributed by atoms with Gasteiger partial charge in [-0.05, 0) is 13.8 Å². The minimum absolute atomic E-state index is 0. The monoisotopic (exact) mass is 639 g/mol. The number of hydrogen-bond acceptors (Lipinski definition) is 1. The Hall–Kier alpha value is 3.06. The van der Waals surface area contributed by atoms with Crippen molar-refractivity contribution < 1.29 is 102 Å². The molecule has 0 saturated heterocycles. The number of hydrogen-bond donors (Lipinski definition) is 0. The maximum atomic E-state index is 4.83. The van der Waals surface area contributed by atoms with Crippen LogP contribution in [-0.4, -0.2) is 13.2 Å². The molecule has 0 bridgehead atoms. The zero-order valence-corrected chi connectivity index (χ0v) is 13.7. The average molecular weight is 639 g/mol. The first-order chi connectivity index (χ1) is 2.41. The van der Waals surface area contributed by atoms with Gasteiger partial charge in [-0.2, -0.15) is 0 Å². The van der Waals surface area contributed by atoms with E-state index in [0.29, 0.717) is 0 Å². The summed E-state index contributed by atoms with van der Waals surface area (Å²) in [6.07, 6.45) is 0. The first-order valence-electron chi connectivity index (χ1n) is 1.99. The molecule has 0 aliphatic heterocycles. The maximum absolute atomic E-state index is 4.83. The molecule has 0 atom stereocenters. The zero-order valence-electron chi connectivity index (χ0n) is 5.48. The maximum Gasteiger partial charge on any atom is 0.0437 e. The quantitative estimate of drug-likeness (QED) is 0.411.